The highest BCUT2D eigenvalue weighted by Crippen LogP contribution is 2.35. The third-order valence-corrected chi connectivity index (χ3v) is 6.85. The van der Waals surface area contributed by atoms with Crippen LogP contribution in [-0.2, 0) is 14.8 Å². The molecule has 1 N–H and O–H groups in total. The van der Waals surface area contributed by atoms with Crippen LogP contribution >= 0.6 is 23.2 Å². The molecule has 0 aliphatic heterocycles. The predicted octanol–water partition coefficient (Wildman–Crippen LogP) is 5.23. The Kier molecular flexibility index (Phi) is 7.43. The Hall–Kier alpha value is -2.74. The van der Waals surface area contributed by atoms with Gasteiger partial charge in [-0.15, -0.1) is 0 Å². The van der Waals surface area contributed by atoms with E-state index in [1.54, 1.807) is 54.6 Å². The number of rotatable bonds is 8. The van der Waals surface area contributed by atoms with E-state index in [9.17, 15) is 13.2 Å². The lowest BCUT2D eigenvalue weighted by Gasteiger charge is -2.25. The number of nitrogens with one attached hydrogen (secondary N) is 1. The fraction of sp³-hybridized carbons (Fsp3) is 0.136. The van der Waals surface area contributed by atoms with E-state index in [1.165, 1.54) is 18.2 Å². The van der Waals surface area contributed by atoms with Crippen LogP contribution in [-0.4, -0.2) is 27.5 Å². The van der Waals surface area contributed by atoms with Crippen LogP contribution in [0.5, 0.6) is 5.75 Å². The Morgan fingerprint density at radius 2 is 1.65 bits per heavy atom. The van der Waals surface area contributed by atoms with E-state index in [0.29, 0.717) is 18.0 Å². The standard InChI is InChI=1S/C22H20Cl2N2O4S/c1-2-30-17-13-11-16(12-14-17)25-21(27)15-26(20-10-6-9-19(23)22(20)24)31(28,29)18-7-4-3-5-8-18/h3-14H,2,15H2,1H3,(H,25,27). The molecular weight excluding hydrogens is 459 g/mol. The van der Waals surface area contributed by atoms with Crippen molar-refractivity contribution in [2.24, 2.45) is 0 Å². The van der Waals surface area contributed by atoms with E-state index in [2.05, 4.69) is 5.32 Å². The van der Waals surface area contributed by atoms with Crippen LogP contribution in [0.4, 0.5) is 11.4 Å². The minimum Gasteiger partial charge on any atom is -0.494 e. The van der Waals surface area contributed by atoms with Crippen molar-refractivity contribution in [2.45, 2.75) is 11.8 Å². The molecule has 31 heavy (non-hydrogen) atoms. The van der Waals surface area contributed by atoms with Crippen molar-refractivity contribution >= 4 is 50.5 Å². The number of sulfonamides is 1. The topological polar surface area (TPSA) is 75.7 Å². The Morgan fingerprint density at radius 3 is 2.29 bits per heavy atom. The van der Waals surface area contributed by atoms with Gasteiger partial charge in [0.05, 0.1) is 27.2 Å². The molecule has 0 heterocycles. The van der Waals surface area contributed by atoms with Gasteiger partial charge in [0, 0.05) is 5.69 Å². The van der Waals surface area contributed by atoms with E-state index >= 15 is 0 Å². The van der Waals surface area contributed by atoms with Crippen molar-refractivity contribution in [1.82, 2.24) is 0 Å². The zero-order valence-electron chi connectivity index (χ0n) is 16.6. The van der Waals surface area contributed by atoms with Gasteiger partial charge in [-0.2, -0.15) is 0 Å². The number of nitrogens with zero attached hydrogens (tertiary/aromatic N) is 1. The van der Waals surface area contributed by atoms with E-state index in [-0.39, 0.29) is 20.6 Å². The third-order valence-electron chi connectivity index (χ3n) is 4.27. The molecule has 3 aromatic carbocycles. The Balaban J connectivity index is 1.91. The van der Waals surface area contributed by atoms with Crippen molar-refractivity contribution in [3.8, 4) is 5.75 Å². The van der Waals surface area contributed by atoms with Crippen molar-refractivity contribution in [1.29, 1.82) is 0 Å². The summed E-state index contributed by atoms with van der Waals surface area (Å²) in [5, 5.41) is 2.91. The van der Waals surface area contributed by atoms with Crippen LogP contribution in [0.15, 0.2) is 77.7 Å². The summed E-state index contributed by atoms with van der Waals surface area (Å²) < 4.78 is 33.0. The van der Waals surface area contributed by atoms with Gasteiger partial charge in [-0.25, -0.2) is 8.42 Å². The van der Waals surface area contributed by atoms with Crippen molar-refractivity contribution in [3.05, 3.63) is 82.8 Å². The zero-order chi connectivity index (χ0) is 22.4. The van der Waals surface area contributed by atoms with Gasteiger partial charge in [0.25, 0.3) is 10.0 Å². The lowest BCUT2D eigenvalue weighted by Crippen LogP contribution is -2.38. The molecule has 0 spiro atoms. The second-order valence-electron chi connectivity index (χ2n) is 6.40. The molecule has 0 aliphatic carbocycles. The second kappa shape index (κ2) is 10.0. The lowest BCUT2D eigenvalue weighted by molar-refractivity contribution is -0.114. The minimum absolute atomic E-state index is 0.0277. The maximum atomic E-state index is 13.3. The van der Waals surface area contributed by atoms with Gasteiger partial charge in [-0.1, -0.05) is 47.5 Å². The highest BCUT2D eigenvalue weighted by molar-refractivity contribution is 7.92. The normalized spacial score (nSPS) is 11.1. The quantitative estimate of drug-likeness (QED) is 0.480. The Labute approximate surface area is 191 Å². The van der Waals surface area contributed by atoms with Crippen LogP contribution in [0.25, 0.3) is 0 Å². The monoisotopic (exact) mass is 478 g/mol. The molecular formula is C22H20Cl2N2O4S. The smallest absolute Gasteiger partial charge is 0.264 e. The molecule has 0 fully saturated rings. The third kappa shape index (κ3) is 5.50. The molecule has 3 aromatic rings. The number of anilines is 2. The molecule has 3 rings (SSSR count). The summed E-state index contributed by atoms with van der Waals surface area (Å²) in [7, 11) is -4.09. The summed E-state index contributed by atoms with van der Waals surface area (Å²) in [5.41, 5.74) is 0.613. The minimum atomic E-state index is -4.09. The molecule has 0 unspecified atom stereocenters. The zero-order valence-corrected chi connectivity index (χ0v) is 18.9. The van der Waals surface area contributed by atoms with Gasteiger partial charge in [0.1, 0.15) is 12.3 Å². The molecule has 0 saturated heterocycles. The SMILES string of the molecule is CCOc1ccc(NC(=O)CN(c2cccc(Cl)c2Cl)S(=O)(=O)c2ccccc2)cc1. The van der Waals surface area contributed by atoms with Crippen LogP contribution in [0.2, 0.25) is 10.0 Å². The number of hydrogen-bond donors (Lipinski definition) is 1. The summed E-state index contributed by atoms with van der Waals surface area (Å²) in [6.07, 6.45) is 0. The number of hydrogen-bond acceptors (Lipinski definition) is 4. The Bertz CT molecular complexity index is 1150. The Morgan fingerprint density at radius 1 is 0.968 bits per heavy atom. The number of halogens is 2. The molecule has 0 saturated carbocycles. The van der Waals surface area contributed by atoms with Crippen molar-refractivity contribution < 1.29 is 17.9 Å². The highest BCUT2D eigenvalue weighted by atomic mass is 35.5. The fourth-order valence-electron chi connectivity index (χ4n) is 2.84. The maximum absolute atomic E-state index is 13.3. The molecule has 1 amide bonds. The number of carbonyl (C=O) groups is 1. The van der Waals surface area contributed by atoms with Gasteiger partial charge in [0.2, 0.25) is 5.91 Å². The first-order valence-electron chi connectivity index (χ1n) is 9.37. The van der Waals surface area contributed by atoms with Crippen LogP contribution < -0.4 is 14.4 Å². The first-order valence-corrected chi connectivity index (χ1v) is 11.6. The molecule has 162 valence electrons. The van der Waals surface area contributed by atoms with Crippen molar-refractivity contribution in [3.63, 3.8) is 0 Å². The number of benzene rings is 3. The summed E-state index contributed by atoms with van der Waals surface area (Å²) in [6.45, 7) is 1.90. The van der Waals surface area contributed by atoms with Gasteiger partial charge in [-0.3, -0.25) is 9.10 Å². The van der Waals surface area contributed by atoms with E-state index in [0.717, 1.165) is 4.31 Å². The summed E-state index contributed by atoms with van der Waals surface area (Å²) in [5.74, 6) is 0.124. The van der Waals surface area contributed by atoms with Crippen molar-refractivity contribution in [2.75, 3.05) is 22.8 Å². The molecule has 0 aromatic heterocycles. The summed E-state index contributed by atoms with van der Waals surface area (Å²) in [4.78, 5) is 12.8. The molecule has 0 atom stereocenters. The number of amides is 1. The number of ether oxygens (including phenoxy) is 1. The van der Waals surface area contributed by atoms with Gasteiger partial charge in [-0.05, 0) is 55.5 Å². The summed E-state index contributed by atoms with van der Waals surface area (Å²) >= 11 is 12.4. The first-order chi connectivity index (χ1) is 14.8. The first kappa shape index (κ1) is 22.9. The molecule has 0 radical (unpaired) electrons. The molecule has 6 nitrogen and oxygen atoms in total. The van der Waals surface area contributed by atoms with Gasteiger partial charge in [0.15, 0.2) is 0 Å². The molecule has 0 aliphatic rings. The predicted molar refractivity (Wildman–Crippen MR) is 124 cm³/mol. The average Bonchev–Trinajstić information content (AvgIpc) is 2.76. The van der Waals surface area contributed by atoms with Crippen LogP contribution in [0, 0.1) is 0 Å². The summed E-state index contributed by atoms with van der Waals surface area (Å²) in [6, 6.07) is 19.2. The van der Waals surface area contributed by atoms with Gasteiger partial charge < -0.3 is 10.1 Å². The highest BCUT2D eigenvalue weighted by Gasteiger charge is 2.29. The lowest BCUT2D eigenvalue weighted by atomic mass is 10.3. The van der Waals surface area contributed by atoms with E-state index in [1.807, 2.05) is 6.92 Å². The average molecular weight is 479 g/mol. The molecule has 0 bridgehead atoms. The van der Waals surface area contributed by atoms with Crippen LogP contribution in [0.3, 0.4) is 0 Å². The maximum Gasteiger partial charge on any atom is 0.264 e. The van der Waals surface area contributed by atoms with Gasteiger partial charge >= 0.3 is 0 Å². The fourth-order valence-corrected chi connectivity index (χ4v) is 4.74. The van der Waals surface area contributed by atoms with E-state index < -0.39 is 22.5 Å². The largest absolute Gasteiger partial charge is 0.494 e. The molecule has 9 heteroatoms. The van der Waals surface area contributed by atoms with Crippen LogP contribution in [0.1, 0.15) is 6.92 Å². The van der Waals surface area contributed by atoms with E-state index in [4.69, 9.17) is 27.9 Å². The number of carbonyl (C=O) groups excluding carboxylic acids is 1. The second-order valence-corrected chi connectivity index (χ2v) is 9.05.